The van der Waals surface area contributed by atoms with E-state index in [1.54, 1.807) is 13.2 Å². The fourth-order valence-electron chi connectivity index (χ4n) is 2.12. The first-order valence-corrected chi connectivity index (χ1v) is 7.11. The van der Waals surface area contributed by atoms with E-state index in [1.165, 1.54) is 24.3 Å². The first kappa shape index (κ1) is 15.5. The summed E-state index contributed by atoms with van der Waals surface area (Å²) in [5.74, 6) is -1.35. The molecule has 5 heteroatoms. The monoisotopic (exact) mass is 352 g/mol. The van der Waals surface area contributed by atoms with Gasteiger partial charge in [0, 0.05) is 0 Å². The van der Waals surface area contributed by atoms with Gasteiger partial charge in [0.15, 0.2) is 0 Å². The molecule has 0 heterocycles. The van der Waals surface area contributed by atoms with Crippen molar-refractivity contribution >= 4 is 21.9 Å². The fourth-order valence-corrected chi connectivity index (χ4v) is 2.70. The van der Waals surface area contributed by atoms with Crippen LogP contribution >= 0.6 is 15.9 Å². The highest BCUT2D eigenvalue weighted by Gasteiger charge is 2.20. The van der Waals surface area contributed by atoms with E-state index < -0.39 is 11.9 Å². The van der Waals surface area contributed by atoms with Gasteiger partial charge in [0.05, 0.1) is 17.5 Å². The zero-order valence-corrected chi connectivity index (χ0v) is 12.9. The number of hydrogen-bond acceptors (Lipinski definition) is 2. The van der Waals surface area contributed by atoms with Gasteiger partial charge in [-0.15, -0.1) is 0 Å². The predicted octanol–water partition coefficient (Wildman–Crippen LogP) is 4.01. The highest BCUT2D eigenvalue weighted by molar-refractivity contribution is 9.10. The lowest BCUT2D eigenvalue weighted by Gasteiger charge is -2.14. The first-order chi connectivity index (χ1) is 10.0. The molecular weight excluding hydrogens is 339 g/mol. The number of rotatable bonds is 5. The Hall–Kier alpha value is -1.88. The van der Waals surface area contributed by atoms with Crippen LogP contribution in [0.3, 0.4) is 0 Å². The molecule has 0 aliphatic rings. The third-order valence-electron chi connectivity index (χ3n) is 3.23. The number of aliphatic carboxylic acids is 1. The molecule has 0 saturated heterocycles. The summed E-state index contributed by atoms with van der Waals surface area (Å²) in [6, 6.07) is 11.0. The molecule has 3 nitrogen and oxygen atoms in total. The average Bonchev–Trinajstić information content (AvgIpc) is 2.46. The highest BCUT2D eigenvalue weighted by atomic mass is 79.9. The molecule has 0 fully saturated rings. The summed E-state index contributed by atoms with van der Waals surface area (Å²) in [6.07, 6.45) is 0.323. The zero-order chi connectivity index (χ0) is 15.4. The third-order valence-corrected chi connectivity index (χ3v) is 3.85. The summed E-state index contributed by atoms with van der Waals surface area (Å²) >= 11 is 3.38. The number of carbonyl (C=O) groups is 1. The van der Waals surface area contributed by atoms with Gasteiger partial charge in [0.25, 0.3) is 0 Å². The molecule has 0 bridgehead atoms. The fraction of sp³-hybridized carbons (Fsp3) is 0.188. The molecule has 2 aromatic rings. The van der Waals surface area contributed by atoms with Crippen LogP contribution in [0.5, 0.6) is 5.75 Å². The number of methoxy groups -OCH3 is 1. The molecular formula is C16H14BrFO3. The molecule has 0 radical (unpaired) electrons. The van der Waals surface area contributed by atoms with E-state index in [0.29, 0.717) is 17.7 Å². The average molecular weight is 353 g/mol. The molecule has 1 N–H and O–H groups in total. The largest absolute Gasteiger partial charge is 0.496 e. The Morgan fingerprint density at radius 2 is 1.95 bits per heavy atom. The Bertz CT molecular complexity index is 640. The second kappa shape index (κ2) is 6.72. The van der Waals surface area contributed by atoms with Crippen molar-refractivity contribution in [3.63, 3.8) is 0 Å². The van der Waals surface area contributed by atoms with Crippen LogP contribution in [0.1, 0.15) is 17.0 Å². The molecule has 0 aromatic heterocycles. The van der Waals surface area contributed by atoms with Crippen LogP contribution in [0.25, 0.3) is 0 Å². The van der Waals surface area contributed by atoms with E-state index in [4.69, 9.17) is 4.74 Å². The van der Waals surface area contributed by atoms with Gasteiger partial charge in [-0.1, -0.05) is 18.2 Å². The van der Waals surface area contributed by atoms with E-state index in [0.717, 1.165) is 10.0 Å². The van der Waals surface area contributed by atoms with Crippen molar-refractivity contribution in [2.45, 2.75) is 12.3 Å². The van der Waals surface area contributed by atoms with E-state index in [9.17, 15) is 14.3 Å². The van der Waals surface area contributed by atoms with Gasteiger partial charge >= 0.3 is 5.97 Å². The summed E-state index contributed by atoms with van der Waals surface area (Å²) < 4.78 is 18.9. The summed E-state index contributed by atoms with van der Waals surface area (Å²) in [5.41, 5.74) is 1.44. The predicted molar refractivity (Wildman–Crippen MR) is 81.2 cm³/mol. The Kier molecular flexibility index (Phi) is 4.96. The van der Waals surface area contributed by atoms with Crippen LogP contribution < -0.4 is 4.74 Å². The lowest BCUT2D eigenvalue weighted by Crippen LogP contribution is -2.14. The molecule has 21 heavy (non-hydrogen) atoms. The number of carboxylic acids is 1. The number of carboxylic acid groups (broad SMARTS) is 1. The number of ether oxygens (including phenoxy) is 1. The van der Waals surface area contributed by atoms with E-state index in [-0.39, 0.29) is 5.82 Å². The number of benzene rings is 2. The standard InChI is InChI=1S/C16H14BrFO3/c1-21-15-7-2-10(9-14(15)17)8-13(16(19)20)11-3-5-12(18)6-4-11/h2-7,9,13H,8H2,1H3,(H,19,20). The molecule has 1 atom stereocenters. The summed E-state index contributed by atoms with van der Waals surface area (Å²) in [7, 11) is 1.57. The second-order valence-electron chi connectivity index (χ2n) is 4.62. The van der Waals surface area contributed by atoms with E-state index >= 15 is 0 Å². The van der Waals surface area contributed by atoms with Crippen molar-refractivity contribution in [2.24, 2.45) is 0 Å². The van der Waals surface area contributed by atoms with Crippen molar-refractivity contribution in [1.82, 2.24) is 0 Å². The maximum atomic E-state index is 12.9. The lowest BCUT2D eigenvalue weighted by molar-refractivity contribution is -0.138. The van der Waals surface area contributed by atoms with Gasteiger partial charge in [-0.3, -0.25) is 4.79 Å². The van der Waals surface area contributed by atoms with Crippen molar-refractivity contribution in [3.05, 3.63) is 63.9 Å². The van der Waals surface area contributed by atoms with Crippen LogP contribution in [-0.4, -0.2) is 18.2 Å². The van der Waals surface area contributed by atoms with E-state index in [1.807, 2.05) is 12.1 Å². The smallest absolute Gasteiger partial charge is 0.311 e. The van der Waals surface area contributed by atoms with Crippen LogP contribution in [-0.2, 0) is 11.2 Å². The van der Waals surface area contributed by atoms with Gasteiger partial charge in [-0.25, -0.2) is 4.39 Å². The molecule has 110 valence electrons. The minimum atomic E-state index is -0.937. The Labute approximate surface area is 130 Å². The molecule has 2 aromatic carbocycles. The van der Waals surface area contributed by atoms with Gasteiger partial charge < -0.3 is 9.84 Å². The van der Waals surface area contributed by atoms with Crippen LogP contribution in [0.4, 0.5) is 4.39 Å². The van der Waals surface area contributed by atoms with Crippen LogP contribution in [0.15, 0.2) is 46.9 Å². The van der Waals surface area contributed by atoms with Crippen molar-refractivity contribution < 1.29 is 19.0 Å². The third kappa shape index (κ3) is 3.82. The highest BCUT2D eigenvalue weighted by Crippen LogP contribution is 2.28. The molecule has 2 rings (SSSR count). The summed E-state index contributed by atoms with van der Waals surface area (Å²) in [5, 5.41) is 9.40. The molecule has 1 unspecified atom stereocenters. The summed E-state index contributed by atoms with van der Waals surface area (Å²) in [4.78, 5) is 11.5. The van der Waals surface area contributed by atoms with Crippen LogP contribution in [0, 0.1) is 5.82 Å². The number of halogens is 2. The van der Waals surface area contributed by atoms with Gasteiger partial charge in [0.1, 0.15) is 11.6 Å². The summed E-state index contributed by atoms with van der Waals surface area (Å²) in [6.45, 7) is 0. The molecule has 0 spiro atoms. The normalized spacial score (nSPS) is 12.0. The Morgan fingerprint density at radius 3 is 2.48 bits per heavy atom. The number of hydrogen-bond donors (Lipinski definition) is 1. The Morgan fingerprint density at radius 1 is 1.29 bits per heavy atom. The molecule has 0 amide bonds. The van der Waals surface area contributed by atoms with Crippen LogP contribution in [0.2, 0.25) is 0 Å². The van der Waals surface area contributed by atoms with Crippen molar-refractivity contribution in [2.75, 3.05) is 7.11 Å². The maximum absolute atomic E-state index is 12.9. The van der Waals surface area contributed by atoms with E-state index in [2.05, 4.69) is 15.9 Å². The quantitative estimate of drug-likeness (QED) is 0.884. The Balaban J connectivity index is 2.26. The maximum Gasteiger partial charge on any atom is 0.311 e. The second-order valence-corrected chi connectivity index (χ2v) is 5.47. The van der Waals surface area contributed by atoms with Gasteiger partial charge in [-0.2, -0.15) is 0 Å². The molecule has 0 saturated carbocycles. The SMILES string of the molecule is COc1ccc(CC(C(=O)O)c2ccc(F)cc2)cc1Br. The zero-order valence-electron chi connectivity index (χ0n) is 11.3. The minimum Gasteiger partial charge on any atom is -0.496 e. The minimum absolute atomic E-state index is 0.323. The first-order valence-electron chi connectivity index (χ1n) is 6.32. The topological polar surface area (TPSA) is 46.5 Å². The van der Waals surface area contributed by atoms with Gasteiger partial charge in [-0.05, 0) is 57.7 Å². The van der Waals surface area contributed by atoms with Gasteiger partial charge in [0.2, 0.25) is 0 Å². The van der Waals surface area contributed by atoms with Crippen molar-refractivity contribution in [3.8, 4) is 5.75 Å². The molecule has 0 aliphatic carbocycles. The molecule has 0 aliphatic heterocycles. The lowest BCUT2D eigenvalue weighted by atomic mass is 9.92. The van der Waals surface area contributed by atoms with Crippen molar-refractivity contribution in [1.29, 1.82) is 0 Å².